The zero-order chi connectivity index (χ0) is 15.7. The summed E-state index contributed by atoms with van der Waals surface area (Å²) in [6, 6.07) is 10.1. The van der Waals surface area contributed by atoms with Gasteiger partial charge in [-0.2, -0.15) is 0 Å². The second-order valence-corrected chi connectivity index (χ2v) is 4.96. The van der Waals surface area contributed by atoms with Crippen LogP contribution in [-0.2, 0) is 6.61 Å². The number of anilines is 2. The standard InChI is InChI=1S/C16H15N3O3/c1-10-4-3-7-19-15(10)18-14(13(9-20)16(19)22)17-11-5-2-6-12(21)8-11/h2-8,17,20-21H,9H2,1H3. The van der Waals surface area contributed by atoms with E-state index in [1.54, 1.807) is 30.5 Å². The Balaban J connectivity index is 2.20. The van der Waals surface area contributed by atoms with Gasteiger partial charge in [-0.25, -0.2) is 4.98 Å². The molecule has 0 aliphatic carbocycles. The van der Waals surface area contributed by atoms with Gasteiger partial charge in [0.05, 0.1) is 12.2 Å². The smallest absolute Gasteiger partial charge is 0.265 e. The normalized spacial score (nSPS) is 10.8. The molecule has 3 aromatic rings. The number of pyridine rings is 1. The summed E-state index contributed by atoms with van der Waals surface area (Å²) in [7, 11) is 0. The Bertz CT molecular complexity index is 903. The topological polar surface area (TPSA) is 86.9 Å². The van der Waals surface area contributed by atoms with Gasteiger partial charge >= 0.3 is 0 Å². The number of nitrogens with one attached hydrogen (secondary N) is 1. The van der Waals surface area contributed by atoms with E-state index in [1.807, 2.05) is 13.0 Å². The van der Waals surface area contributed by atoms with Crippen LogP contribution in [0.2, 0.25) is 0 Å². The summed E-state index contributed by atoms with van der Waals surface area (Å²) in [4.78, 5) is 16.9. The molecule has 2 aromatic heterocycles. The van der Waals surface area contributed by atoms with Crippen LogP contribution in [0.25, 0.3) is 5.65 Å². The fourth-order valence-corrected chi connectivity index (χ4v) is 2.30. The SMILES string of the molecule is Cc1cccn2c(=O)c(CO)c(Nc3cccc(O)c3)nc12. The van der Waals surface area contributed by atoms with Crippen LogP contribution in [0.3, 0.4) is 0 Å². The molecule has 6 nitrogen and oxygen atoms in total. The molecule has 0 spiro atoms. The first-order valence-corrected chi connectivity index (χ1v) is 6.78. The lowest BCUT2D eigenvalue weighted by molar-refractivity contribution is 0.280. The van der Waals surface area contributed by atoms with E-state index in [1.165, 1.54) is 10.5 Å². The molecule has 0 amide bonds. The van der Waals surface area contributed by atoms with E-state index >= 15 is 0 Å². The summed E-state index contributed by atoms with van der Waals surface area (Å²) in [6.07, 6.45) is 1.62. The van der Waals surface area contributed by atoms with Gasteiger partial charge in [0.1, 0.15) is 17.2 Å². The molecule has 22 heavy (non-hydrogen) atoms. The van der Waals surface area contributed by atoms with Crippen LogP contribution in [0, 0.1) is 6.92 Å². The molecule has 0 aliphatic heterocycles. The number of aromatic nitrogens is 2. The second-order valence-electron chi connectivity index (χ2n) is 4.96. The number of phenolic OH excluding ortho intramolecular Hbond substituents is 1. The van der Waals surface area contributed by atoms with Crippen molar-refractivity contribution >= 4 is 17.2 Å². The number of fused-ring (bicyclic) bond motifs is 1. The number of aliphatic hydroxyl groups is 1. The minimum Gasteiger partial charge on any atom is -0.508 e. The zero-order valence-corrected chi connectivity index (χ0v) is 11.9. The molecule has 0 saturated heterocycles. The highest BCUT2D eigenvalue weighted by Crippen LogP contribution is 2.21. The number of aliphatic hydroxyl groups excluding tert-OH is 1. The van der Waals surface area contributed by atoms with Crippen molar-refractivity contribution in [3.05, 3.63) is 64.1 Å². The maximum Gasteiger partial charge on any atom is 0.265 e. The predicted octanol–water partition coefficient (Wildman–Crippen LogP) is 1.94. The Morgan fingerprint density at radius 2 is 2.09 bits per heavy atom. The largest absolute Gasteiger partial charge is 0.508 e. The molecular weight excluding hydrogens is 282 g/mol. The molecule has 0 aliphatic rings. The second kappa shape index (κ2) is 5.50. The number of hydrogen-bond acceptors (Lipinski definition) is 5. The van der Waals surface area contributed by atoms with Crippen LogP contribution in [0.4, 0.5) is 11.5 Å². The van der Waals surface area contributed by atoms with Gasteiger partial charge in [-0.15, -0.1) is 0 Å². The monoisotopic (exact) mass is 297 g/mol. The van der Waals surface area contributed by atoms with Crippen molar-refractivity contribution in [1.29, 1.82) is 0 Å². The quantitative estimate of drug-likeness (QED) is 0.688. The Kier molecular flexibility index (Phi) is 3.52. The molecule has 0 radical (unpaired) electrons. The van der Waals surface area contributed by atoms with Crippen molar-refractivity contribution in [2.75, 3.05) is 5.32 Å². The molecule has 3 N–H and O–H groups in total. The van der Waals surface area contributed by atoms with E-state index in [9.17, 15) is 15.0 Å². The van der Waals surface area contributed by atoms with Crippen LogP contribution in [0.1, 0.15) is 11.1 Å². The predicted molar refractivity (Wildman–Crippen MR) is 83.5 cm³/mol. The van der Waals surface area contributed by atoms with Gasteiger partial charge in [-0.1, -0.05) is 12.1 Å². The van der Waals surface area contributed by atoms with Gasteiger partial charge in [0, 0.05) is 18.0 Å². The average molecular weight is 297 g/mol. The highest BCUT2D eigenvalue weighted by atomic mass is 16.3. The molecule has 0 fully saturated rings. The lowest BCUT2D eigenvalue weighted by Gasteiger charge is -2.12. The summed E-state index contributed by atoms with van der Waals surface area (Å²) in [5.41, 5.74) is 1.81. The molecular formula is C16H15N3O3. The van der Waals surface area contributed by atoms with E-state index in [2.05, 4.69) is 10.3 Å². The number of aryl methyl sites for hydroxylation is 1. The zero-order valence-electron chi connectivity index (χ0n) is 11.9. The van der Waals surface area contributed by atoms with Crippen LogP contribution in [-0.4, -0.2) is 19.6 Å². The molecule has 0 atom stereocenters. The third kappa shape index (κ3) is 2.40. The van der Waals surface area contributed by atoms with Crippen molar-refractivity contribution in [3.8, 4) is 5.75 Å². The summed E-state index contributed by atoms with van der Waals surface area (Å²) in [6.45, 7) is 1.43. The van der Waals surface area contributed by atoms with Crippen molar-refractivity contribution in [2.24, 2.45) is 0 Å². The van der Waals surface area contributed by atoms with Crippen LogP contribution in [0.5, 0.6) is 5.75 Å². The summed E-state index contributed by atoms with van der Waals surface area (Å²) in [5.74, 6) is 0.386. The van der Waals surface area contributed by atoms with E-state index < -0.39 is 6.61 Å². The van der Waals surface area contributed by atoms with Crippen molar-refractivity contribution in [2.45, 2.75) is 13.5 Å². The van der Waals surface area contributed by atoms with Gasteiger partial charge in [0.2, 0.25) is 0 Å². The molecule has 0 unspecified atom stereocenters. The summed E-state index contributed by atoms with van der Waals surface area (Å²) < 4.78 is 1.41. The molecule has 2 heterocycles. The minimum atomic E-state index is -0.427. The van der Waals surface area contributed by atoms with E-state index in [0.29, 0.717) is 11.3 Å². The molecule has 0 bridgehead atoms. The highest BCUT2D eigenvalue weighted by molar-refractivity contribution is 5.63. The van der Waals surface area contributed by atoms with Gasteiger partial charge in [-0.3, -0.25) is 9.20 Å². The first-order chi connectivity index (χ1) is 10.6. The van der Waals surface area contributed by atoms with E-state index in [4.69, 9.17) is 0 Å². The van der Waals surface area contributed by atoms with E-state index in [-0.39, 0.29) is 22.7 Å². The lowest BCUT2D eigenvalue weighted by Crippen LogP contribution is -2.22. The van der Waals surface area contributed by atoms with Crippen LogP contribution < -0.4 is 10.9 Å². The number of hydrogen-bond donors (Lipinski definition) is 3. The third-order valence-corrected chi connectivity index (χ3v) is 3.41. The summed E-state index contributed by atoms with van der Waals surface area (Å²) >= 11 is 0. The number of phenols is 1. The highest BCUT2D eigenvalue weighted by Gasteiger charge is 2.13. The Morgan fingerprint density at radius 1 is 1.27 bits per heavy atom. The fourth-order valence-electron chi connectivity index (χ4n) is 2.30. The summed E-state index contributed by atoms with van der Waals surface area (Å²) in [5, 5.41) is 22.0. The number of rotatable bonds is 3. The van der Waals surface area contributed by atoms with Gasteiger partial charge in [0.15, 0.2) is 0 Å². The maximum absolute atomic E-state index is 12.5. The minimum absolute atomic E-state index is 0.101. The maximum atomic E-state index is 12.5. The molecule has 6 heteroatoms. The molecule has 1 aromatic carbocycles. The van der Waals surface area contributed by atoms with E-state index in [0.717, 1.165) is 5.56 Å². The van der Waals surface area contributed by atoms with Crippen molar-refractivity contribution < 1.29 is 10.2 Å². The number of benzene rings is 1. The average Bonchev–Trinajstić information content (AvgIpc) is 2.49. The van der Waals surface area contributed by atoms with Gasteiger partial charge in [0.25, 0.3) is 5.56 Å². The molecule has 0 saturated carbocycles. The Labute approximate surface area is 126 Å². The Morgan fingerprint density at radius 3 is 2.82 bits per heavy atom. The van der Waals surface area contributed by atoms with Gasteiger partial charge in [-0.05, 0) is 30.7 Å². The lowest BCUT2D eigenvalue weighted by atomic mass is 10.2. The fraction of sp³-hybridized carbons (Fsp3) is 0.125. The number of aromatic hydroxyl groups is 1. The van der Waals surface area contributed by atoms with Crippen LogP contribution >= 0.6 is 0 Å². The first-order valence-electron chi connectivity index (χ1n) is 6.78. The molecule has 3 rings (SSSR count). The third-order valence-electron chi connectivity index (χ3n) is 3.41. The van der Waals surface area contributed by atoms with Crippen molar-refractivity contribution in [1.82, 2.24) is 9.38 Å². The number of nitrogens with zero attached hydrogens (tertiary/aromatic N) is 2. The molecule has 112 valence electrons. The van der Waals surface area contributed by atoms with Crippen molar-refractivity contribution in [3.63, 3.8) is 0 Å². The Hall–Kier alpha value is -2.86. The van der Waals surface area contributed by atoms with Gasteiger partial charge < -0.3 is 15.5 Å². The first kappa shape index (κ1) is 14.1. The van der Waals surface area contributed by atoms with Crippen LogP contribution in [0.15, 0.2) is 47.4 Å².